The van der Waals surface area contributed by atoms with Crippen molar-refractivity contribution in [3.63, 3.8) is 0 Å². The first-order valence-corrected chi connectivity index (χ1v) is 10.8. The third-order valence-electron chi connectivity index (χ3n) is 4.77. The summed E-state index contributed by atoms with van der Waals surface area (Å²) in [6, 6.07) is 8.26. The lowest BCUT2D eigenvalue weighted by Crippen LogP contribution is -2.42. The Balaban J connectivity index is 1.78. The van der Waals surface area contributed by atoms with E-state index in [9.17, 15) is 4.79 Å². The van der Waals surface area contributed by atoms with E-state index in [1.165, 1.54) is 19.3 Å². The van der Waals surface area contributed by atoms with Gasteiger partial charge in [-0.05, 0) is 49.6 Å². The minimum absolute atomic E-state index is 0.0000159. The van der Waals surface area contributed by atoms with E-state index in [-0.39, 0.29) is 5.91 Å². The second-order valence-electron chi connectivity index (χ2n) is 6.74. The van der Waals surface area contributed by atoms with Gasteiger partial charge in [-0.15, -0.1) is 0 Å². The normalized spacial score (nSPS) is 20.0. The summed E-state index contributed by atoms with van der Waals surface area (Å²) in [5.74, 6) is 0.846. The molecule has 5 nitrogen and oxygen atoms in total. The van der Waals surface area contributed by atoms with Gasteiger partial charge in [-0.2, -0.15) is 11.8 Å². The molecule has 0 radical (unpaired) electrons. The molecule has 0 aromatic heterocycles. The Labute approximate surface area is 161 Å². The first-order valence-electron chi connectivity index (χ1n) is 9.53. The molecule has 0 aliphatic heterocycles. The monoisotopic (exact) mass is 376 g/mol. The van der Waals surface area contributed by atoms with E-state index in [0.717, 1.165) is 36.2 Å². The van der Waals surface area contributed by atoms with E-state index in [2.05, 4.69) is 34.1 Å². The van der Waals surface area contributed by atoms with E-state index >= 15 is 0 Å². The van der Waals surface area contributed by atoms with Crippen LogP contribution in [0.4, 0.5) is 0 Å². The SMILES string of the molecule is CCCCNC(=O)c1ccc(CNC(=NC)NC2CCC(SC)C2)cc1. The number of amides is 1. The molecule has 2 rings (SSSR count). The van der Waals surface area contributed by atoms with Gasteiger partial charge in [-0.3, -0.25) is 9.79 Å². The van der Waals surface area contributed by atoms with Gasteiger partial charge in [0.15, 0.2) is 5.96 Å². The number of hydrogen-bond donors (Lipinski definition) is 3. The molecule has 0 heterocycles. The van der Waals surface area contributed by atoms with Gasteiger partial charge in [0.05, 0.1) is 0 Å². The molecule has 1 amide bonds. The van der Waals surface area contributed by atoms with Gasteiger partial charge >= 0.3 is 0 Å². The van der Waals surface area contributed by atoms with Crippen LogP contribution >= 0.6 is 11.8 Å². The molecule has 1 saturated carbocycles. The van der Waals surface area contributed by atoms with Crippen LogP contribution in [0.15, 0.2) is 29.3 Å². The van der Waals surface area contributed by atoms with Crippen molar-refractivity contribution in [2.24, 2.45) is 4.99 Å². The van der Waals surface area contributed by atoms with Crippen molar-refractivity contribution in [3.05, 3.63) is 35.4 Å². The summed E-state index contributed by atoms with van der Waals surface area (Å²) in [4.78, 5) is 16.4. The summed E-state index contributed by atoms with van der Waals surface area (Å²) in [6.45, 7) is 3.54. The fourth-order valence-corrected chi connectivity index (χ4v) is 3.91. The third-order valence-corrected chi connectivity index (χ3v) is 5.87. The standard InChI is InChI=1S/C20H32N4OS/c1-4-5-12-22-19(25)16-8-6-15(7-9-16)14-23-20(21-2)24-17-10-11-18(13-17)26-3/h6-9,17-18H,4-5,10-14H2,1-3H3,(H,22,25)(H2,21,23,24). The Morgan fingerprint density at radius 2 is 2.00 bits per heavy atom. The molecule has 1 aromatic carbocycles. The minimum Gasteiger partial charge on any atom is -0.354 e. The van der Waals surface area contributed by atoms with E-state index in [1.807, 2.05) is 36.0 Å². The Kier molecular flexibility index (Phi) is 8.81. The molecular formula is C20H32N4OS. The van der Waals surface area contributed by atoms with Crippen molar-refractivity contribution in [2.45, 2.75) is 56.9 Å². The summed E-state index contributed by atoms with van der Waals surface area (Å²) >= 11 is 1.96. The molecule has 3 N–H and O–H groups in total. The highest BCUT2D eigenvalue weighted by molar-refractivity contribution is 7.99. The van der Waals surface area contributed by atoms with Crippen LogP contribution in [-0.2, 0) is 6.54 Å². The molecule has 0 spiro atoms. The highest BCUT2D eigenvalue weighted by Crippen LogP contribution is 2.27. The molecule has 1 aliphatic rings. The highest BCUT2D eigenvalue weighted by atomic mass is 32.2. The number of carbonyl (C=O) groups excluding carboxylic acids is 1. The topological polar surface area (TPSA) is 65.5 Å². The van der Waals surface area contributed by atoms with Crippen LogP contribution in [0.2, 0.25) is 0 Å². The molecule has 2 atom stereocenters. The average molecular weight is 377 g/mol. The first kappa shape index (κ1) is 20.6. The van der Waals surface area contributed by atoms with Crippen molar-refractivity contribution < 1.29 is 4.79 Å². The van der Waals surface area contributed by atoms with Crippen molar-refractivity contribution >= 4 is 23.6 Å². The van der Waals surface area contributed by atoms with Crippen LogP contribution in [0, 0.1) is 0 Å². The second kappa shape index (κ2) is 11.1. The number of thioether (sulfide) groups is 1. The molecule has 144 valence electrons. The number of benzene rings is 1. The number of aliphatic imine (C=N–C) groups is 1. The lowest BCUT2D eigenvalue weighted by Gasteiger charge is -2.17. The van der Waals surface area contributed by atoms with Gasteiger partial charge in [-0.1, -0.05) is 25.5 Å². The molecule has 6 heteroatoms. The molecule has 0 bridgehead atoms. The Bertz CT molecular complexity index is 588. The zero-order valence-corrected chi connectivity index (χ0v) is 17.0. The summed E-state index contributed by atoms with van der Waals surface area (Å²) in [7, 11) is 1.81. The first-order chi connectivity index (χ1) is 12.7. The number of nitrogens with zero attached hydrogens (tertiary/aromatic N) is 1. The van der Waals surface area contributed by atoms with Gasteiger partial charge in [0.2, 0.25) is 0 Å². The van der Waals surface area contributed by atoms with Crippen LogP contribution in [0.5, 0.6) is 0 Å². The quantitative estimate of drug-likeness (QED) is 0.370. The summed E-state index contributed by atoms with van der Waals surface area (Å²) in [5, 5.41) is 10.6. The zero-order chi connectivity index (χ0) is 18.8. The van der Waals surface area contributed by atoms with Gasteiger partial charge in [-0.25, -0.2) is 0 Å². The number of nitrogens with one attached hydrogen (secondary N) is 3. The summed E-state index contributed by atoms with van der Waals surface area (Å²) < 4.78 is 0. The van der Waals surface area contributed by atoms with Crippen LogP contribution in [0.3, 0.4) is 0 Å². The summed E-state index contributed by atoms with van der Waals surface area (Å²) in [5.41, 5.74) is 1.84. The molecule has 1 aliphatic carbocycles. The van der Waals surface area contributed by atoms with Crippen molar-refractivity contribution in [2.75, 3.05) is 19.8 Å². The number of rotatable bonds is 8. The zero-order valence-electron chi connectivity index (χ0n) is 16.2. The Morgan fingerprint density at radius 1 is 1.23 bits per heavy atom. The lowest BCUT2D eigenvalue weighted by atomic mass is 10.1. The maximum Gasteiger partial charge on any atom is 0.251 e. The Morgan fingerprint density at radius 3 is 2.62 bits per heavy atom. The number of unbranched alkanes of at least 4 members (excludes halogenated alkanes) is 1. The Hall–Kier alpha value is -1.69. The highest BCUT2D eigenvalue weighted by Gasteiger charge is 2.24. The fraction of sp³-hybridized carbons (Fsp3) is 0.600. The van der Waals surface area contributed by atoms with Crippen molar-refractivity contribution in [1.29, 1.82) is 0 Å². The fourth-order valence-electron chi connectivity index (χ4n) is 3.11. The van der Waals surface area contributed by atoms with Crippen molar-refractivity contribution in [3.8, 4) is 0 Å². The molecule has 1 aromatic rings. The van der Waals surface area contributed by atoms with E-state index in [0.29, 0.717) is 18.2 Å². The van der Waals surface area contributed by atoms with Gasteiger partial charge in [0.1, 0.15) is 0 Å². The molecular weight excluding hydrogens is 344 g/mol. The number of carbonyl (C=O) groups is 1. The maximum atomic E-state index is 12.0. The predicted octanol–water partition coefficient (Wildman–Crippen LogP) is 3.17. The predicted molar refractivity (Wildman–Crippen MR) is 112 cm³/mol. The number of hydrogen-bond acceptors (Lipinski definition) is 3. The van der Waals surface area contributed by atoms with Gasteiger partial charge in [0, 0.05) is 37.0 Å². The molecule has 1 fully saturated rings. The second-order valence-corrected chi connectivity index (χ2v) is 7.88. The van der Waals surface area contributed by atoms with Crippen molar-refractivity contribution in [1.82, 2.24) is 16.0 Å². The van der Waals surface area contributed by atoms with Gasteiger partial charge in [0.25, 0.3) is 5.91 Å². The molecule has 0 saturated heterocycles. The van der Waals surface area contributed by atoms with Crippen LogP contribution in [0.1, 0.15) is 54.9 Å². The van der Waals surface area contributed by atoms with Crippen LogP contribution < -0.4 is 16.0 Å². The van der Waals surface area contributed by atoms with E-state index in [4.69, 9.17) is 0 Å². The lowest BCUT2D eigenvalue weighted by molar-refractivity contribution is 0.0953. The third kappa shape index (κ3) is 6.56. The maximum absolute atomic E-state index is 12.0. The van der Waals surface area contributed by atoms with Crippen LogP contribution in [0.25, 0.3) is 0 Å². The van der Waals surface area contributed by atoms with E-state index in [1.54, 1.807) is 7.05 Å². The van der Waals surface area contributed by atoms with E-state index < -0.39 is 0 Å². The van der Waals surface area contributed by atoms with Gasteiger partial charge < -0.3 is 16.0 Å². The summed E-state index contributed by atoms with van der Waals surface area (Å²) in [6.07, 6.45) is 7.96. The minimum atomic E-state index is 0.0000159. The average Bonchev–Trinajstić information content (AvgIpc) is 3.13. The number of guanidine groups is 1. The smallest absolute Gasteiger partial charge is 0.251 e. The largest absolute Gasteiger partial charge is 0.354 e. The molecule has 26 heavy (non-hydrogen) atoms. The molecule has 2 unspecified atom stereocenters. The van der Waals surface area contributed by atoms with Crippen LogP contribution in [-0.4, -0.2) is 43.0 Å².